The number of halogens is 1. The third kappa shape index (κ3) is 4.63. The molecule has 6 heteroatoms. The van der Waals surface area contributed by atoms with Gasteiger partial charge in [-0.25, -0.2) is 4.68 Å². The van der Waals surface area contributed by atoms with Gasteiger partial charge in [0, 0.05) is 17.6 Å². The van der Waals surface area contributed by atoms with Crippen LogP contribution < -0.4 is 10.9 Å². The van der Waals surface area contributed by atoms with Crippen molar-refractivity contribution in [2.45, 2.75) is 25.9 Å². The van der Waals surface area contributed by atoms with Crippen LogP contribution >= 0.6 is 11.6 Å². The van der Waals surface area contributed by atoms with E-state index < -0.39 is 0 Å². The first-order valence-corrected chi connectivity index (χ1v) is 9.15. The summed E-state index contributed by atoms with van der Waals surface area (Å²) in [4.78, 5) is 24.7. The first-order valence-electron chi connectivity index (χ1n) is 8.78. The van der Waals surface area contributed by atoms with E-state index in [1.165, 1.54) is 16.8 Å². The molecule has 138 valence electrons. The van der Waals surface area contributed by atoms with Crippen molar-refractivity contribution in [3.8, 4) is 0 Å². The number of nitrogens with one attached hydrogen (secondary N) is 1. The Morgan fingerprint density at radius 2 is 1.70 bits per heavy atom. The first-order chi connectivity index (χ1) is 13.1. The van der Waals surface area contributed by atoms with Crippen LogP contribution in [0.4, 0.5) is 0 Å². The number of hydrogen-bond donors (Lipinski definition) is 1. The molecule has 0 aliphatic rings. The predicted molar refractivity (Wildman–Crippen MR) is 106 cm³/mol. The quantitative estimate of drug-likeness (QED) is 0.705. The highest BCUT2D eigenvalue weighted by atomic mass is 35.5. The lowest BCUT2D eigenvalue weighted by Crippen LogP contribution is -2.32. The van der Waals surface area contributed by atoms with E-state index in [1.807, 2.05) is 49.4 Å². The number of aromatic nitrogens is 2. The van der Waals surface area contributed by atoms with Gasteiger partial charge in [0.1, 0.15) is 5.69 Å². The largest absolute Gasteiger partial charge is 0.340 e. The normalized spacial score (nSPS) is 11.8. The molecule has 1 amide bonds. The fourth-order valence-corrected chi connectivity index (χ4v) is 2.93. The molecule has 5 nitrogen and oxygen atoms in total. The molecule has 0 fully saturated rings. The van der Waals surface area contributed by atoms with Gasteiger partial charge in [0.05, 0.1) is 6.04 Å². The summed E-state index contributed by atoms with van der Waals surface area (Å²) in [6, 6.07) is 19.5. The maximum absolute atomic E-state index is 12.8. The van der Waals surface area contributed by atoms with Crippen LogP contribution in [0.3, 0.4) is 0 Å². The minimum Gasteiger partial charge on any atom is -0.340 e. The van der Waals surface area contributed by atoms with Gasteiger partial charge in [-0.05, 0) is 35.7 Å². The van der Waals surface area contributed by atoms with Crippen molar-refractivity contribution in [2.75, 3.05) is 0 Å². The Bertz CT molecular complexity index is 969. The van der Waals surface area contributed by atoms with E-state index in [9.17, 15) is 9.59 Å². The van der Waals surface area contributed by atoms with E-state index in [-0.39, 0.29) is 23.2 Å². The van der Waals surface area contributed by atoms with E-state index in [1.54, 1.807) is 12.1 Å². The van der Waals surface area contributed by atoms with Crippen molar-refractivity contribution in [1.82, 2.24) is 15.1 Å². The summed E-state index contributed by atoms with van der Waals surface area (Å²) in [6.07, 6.45) is 0.759. The van der Waals surface area contributed by atoms with Gasteiger partial charge in [0.15, 0.2) is 0 Å². The van der Waals surface area contributed by atoms with Gasteiger partial charge in [0.2, 0.25) is 0 Å². The van der Waals surface area contributed by atoms with Crippen LogP contribution in [0.2, 0.25) is 5.02 Å². The molecule has 1 atom stereocenters. The summed E-state index contributed by atoms with van der Waals surface area (Å²) >= 11 is 6.00. The summed E-state index contributed by atoms with van der Waals surface area (Å²) in [5.41, 5.74) is 1.83. The number of rotatable bonds is 6. The Morgan fingerprint density at radius 1 is 1.04 bits per heavy atom. The number of aryl methyl sites for hydroxylation is 1. The standard InChI is InChI=1S/C21H20ClN3O2/c1-2-14-25-19(26)13-12-18(24-25)21(27)23-20(15-6-4-3-5-7-15)16-8-10-17(22)11-9-16/h3-13,20H,2,14H2,1H3,(H,23,27)/t20-/m1/s1. The topological polar surface area (TPSA) is 64.0 Å². The van der Waals surface area contributed by atoms with Gasteiger partial charge in [-0.2, -0.15) is 5.10 Å². The van der Waals surface area contributed by atoms with E-state index in [4.69, 9.17) is 11.6 Å². The molecule has 1 aromatic heterocycles. The zero-order valence-corrected chi connectivity index (χ0v) is 15.7. The molecular weight excluding hydrogens is 362 g/mol. The summed E-state index contributed by atoms with van der Waals surface area (Å²) in [5, 5.41) is 7.83. The highest BCUT2D eigenvalue weighted by molar-refractivity contribution is 6.30. The van der Waals surface area contributed by atoms with Crippen LogP contribution in [0.1, 0.15) is 41.0 Å². The van der Waals surface area contributed by atoms with E-state index in [2.05, 4.69) is 10.4 Å². The van der Waals surface area contributed by atoms with E-state index >= 15 is 0 Å². The van der Waals surface area contributed by atoms with Crippen LogP contribution in [0.5, 0.6) is 0 Å². The monoisotopic (exact) mass is 381 g/mol. The summed E-state index contributed by atoms with van der Waals surface area (Å²) in [7, 11) is 0. The summed E-state index contributed by atoms with van der Waals surface area (Å²) in [6.45, 7) is 2.42. The number of carbonyl (C=O) groups excluding carboxylic acids is 1. The third-order valence-electron chi connectivity index (χ3n) is 4.15. The highest BCUT2D eigenvalue weighted by Gasteiger charge is 2.19. The lowest BCUT2D eigenvalue weighted by Gasteiger charge is -2.20. The Labute approximate surface area is 162 Å². The molecule has 3 rings (SSSR count). The Balaban J connectivity index is 1.92. The lowest BCUT2D eigenvalue weighted by molar-refractivity contribution is 0.0935. The molecule has 1 heterocycles. The number of benzene rings is 2. The number of nitrogens with zero attached hydrogens (tertiary/aromatic N) is 2. The van der Waals surface area contributed by atoms with Crippen LogP contribution in [0, 0.1) is 0 Å². The molecule has 0 aliphatic carbocycles. The summed E-state index contributed by atoms with van der Waals surface area (Å²) in [5.74, 6) is -0.344. The van der Waals surface area contributed by atoms with Crippen molar-refractivity contribution in [3.05, 3.63) is 98.9 Å². The molecule has 3 aromatic rings. The van der Waals surface area contributed by atoms with Crippen LogP contribution in [-0.4, -0.2) is 15.7 Å². The fraction of sp³-hybridized carbons (Fsp3) is 0.190. The zero-order chi connectivity index (χ0) is 19.2. The average molecular weight is 382 g/mol. The average Bonchev–Trinajstić information content (AvgIpc) is 2.69. The highest BCUT2D eigenvalue weighted by Crippen LogP contribution is 2.23. The van der Waals surface area contributed by atoms with Crippen molar-refractivity contribution in [3.63, 3.8) is 0 Å². The molecule has 0 bridgehead atoms. The molecule has 1 N–H and O–H groups in total. The first kappa shape index (κ1) is 18.9. The fourth-order valence-electron chi connectivity index (χ4n) is 2.81. The van der Waals surface area contributed by atoms with Gasteiger partial charge >= 0.3 is 0 Å². The number of amides is 1. The smallest absolute Gasteiger partial charge is 0.272 e. The van der Waals surface area contributed by atoms with Gasteiger partial charge in [-0.1, -0.05) is 61.0 Å². The number of carbonyl (C=O) groups is 1. The van der Waals surface area contributed by atoms with Crippen LogP contribution in [0.15, 0.2) is 71.5 Å². The van der Waals surface area contributed by atoms with E-state index in [0.29, 0.717) is 11.6 Å². The molecule has 0 saturated carbocycles. The number of hydrogen-bond acceptors (Lipinski definition) is 3. The molecule has 0 unspecified atom stereocenters. The predicted octanol–water partition coefficient (Wildman–Crippen LogP) is 3.83. The SMILES string of the molecule is CCCn1nc(C(=O)N[C@H](c2ccccc2)c2ccc(Cl)cc2)ccc1=O. The second-order valence-electron chi connectivity index (χ2n) is 6.15. The lowest BCUT2D eigenvalue weighted by atomic mass is 9.98. The Kier molecular flexibility index (Phi) is 6.04. The summed E-state index contributed by atoms with van der Waals surface area (Å²) < 4.78 is 1.31. The molecule has 2 aromatic carbocycles. The minimum absolute atomic E-state index is 0.206. The van der Waals surface area contributed by atoms with Crippen LogP contribution in [0.25, 0.3) is 0 Å². The van der Waals surface area contributed by atoms with Gasteiger partial charge in [-0.15, -0.1) is 0 Å². The Morgan fingerprint density at radius 3 is 2.37 bits per heavy atom. The van der Waals surface area contributed by atoms with Gasteiger partial charge in [0.25, 0.3) is 11.5 Å². The molecule has 0 spiro atoms. The van der Waals surface area contributed by atoms with Crippen molar-refractivity contribution >= 4 is 17.5 Å². The van der Waals surface area contributed by atoms with Crippen molar-refractivity contribution < 1.29 is 4.79 Å². The molecule has 0 aliphatic heterocycles. The van der Waals surface area contributed by atoms with E-state index in [0.717, 1.165) is 17.5 Å². The second-order valence-corrected chi connectivity index (χ2v) is 6.59. The van der Waals surface area contributed by atoms with Crippen molar-refractivity contribution in [2.24, 2.45) is 0 Å². The molecule has 0 radical (unpaired) electrons. The van der Waals surface area contributed by atoms with Gasteiger partial charge in [-0.3, -0.25) is 9.59 Å². The van der Waals surface area contributed by atoms with Gasteiger partial charge < -0.3 is 5.32 Å². The second kappa shape index (κ2) is 8.64. The molecule has 27 heavy (non-hydrogen) atoms. The Hall–Kier alpha value is -2.92. The van der Waals surface area contributed by atoms with Crippen LogP contribution in [-0.2, 0) is 6.54 Å². The minimum atomic E-state index is -0.357. The van der Waals surface area contributed by atoms with Crippen molar-refractivity contribution in [1.29, 1.82) is 0 Å². The third-order valence-corrected chi connectivity index (χ3v) is 4.40. The molecule has 0 saturated heterocycles. The zero-order valence-electron chi connectivity index (χ0n) is 14.9. The maximum atomic E-state index is 12.8. The molecular formula is C21H20ClN3O2. The maximum Gasteiger partial charge on any atom is 0.272 e.